The van der Waals surface area contributed by atoms with Crippen LogP contribution in [0.25, 0.3) is 0 Å². The van der Waals surface area contributed by atoms with Crippen LogP contribution in [-0.2, 0) is 20.4 Å². The summed E-state index contributed by atoms with van der Waals surface area (Å²) in [6.07, 6.45) is 2.51. The van der Waals surface area contributed by atoms with E-state index < -0.39 is 34.6 Å². The highest BCUT2D eigenvalue weighted by Crippen LogP contribution is 2.46. The summed E-state index contributed by atoms with van der Waals surface area (Å²) >= 11 is 0. The van der Waals surface area contributed by atoms with Crippen molar-refractivity contribution >= 4 is 22.5 Å². The number of allylic oxidation sites excluding steroid dienone is 1. The van der Waals surface area contributed by atoms with Crippen LogP contribution in [0, 0.1) is 0 Å². The Hall–Kier alpha value is -2.53. The Morgan fingerprint density at radius 3 is 2.68 bits per heavy atom. The molecular formula is C20H27F2N3O5S. The van der Waals surface area contributed by atoms with E-state index in [0.29, 0.717) is 31.4 Å². The highest BCUT2D eigenvalue weighted by atomic mass is 32.2. The highest BCUT2D eigenvalue weighted by Gasteiger charge is 2.47. The maximum Gasteiger partial charge on any atom is 0.324 e. The van der Waals surface area contributed by atoms with E-state index in [-0.39, 0.29) is 24.5 Å². The van der Waals surface area contributed by atoms with Gasteiger partial charge in [0, 0.05) is 13.1 Å². The van der Waals surface area contributed by atoms with Gasteiger partial charge in [-0.15, -0.1) is 0 Å². The lowest BCUT2D eigenvalue weighted by molar-refractivity contribution is -0.108. The molecule has 3 amide bonds. The van der Waals surface area contributed by atoms with Crippen molar-refractivity contribution in [3.05, 3.63) is 42.0 Å². The third kappa shape index (κ3) is 7.91. The zero-order valence-electron chi connectivity index (χ0n) is 17.2. The van der Waals surface area contributed by atoms with Crippen LogP contribution in [0.2, 0.25) is 0 Å². The summed E-state index contributed by atoms with van der Waals surface area (Å²) in [5.41, 5.74) is -0.0586. The van der Waals surface area contributed by atoms with E-state index in [4.69, 9.17) is 4.74 Å². The van der Waals surface area contributed by atoms with Crippen molar-refractivity contribution in [2.24, 2.45) is 0 Å². The standard InChI is InChI=1S/C20H27F2N3O5S/c1-2-25(19(27)23-15-26)11-4-3-5-12-31(28,29)24-20(9-10-20)16-7-6-8-17(13-16)30-14-18(21)22/h3-4,6-8,13,15,18,24H,2,5,9-12,14H2,1H3,(H,23,26,27)/b4-3+. The van der Waals surface area contributed by atoms with Gasteiger partial charge in [-0.25, -0.2) is 26.7 Å². The number of sulfonamides is 1. The number of halogens is 2. The van der Waals surface area contributed by atoms with Crippen molar-refractivity contribution in [3.63, 3.8) is 0 Å². The predicted molar refractivity (Wildman–Crippen MR) is 111 cm³/mol. The van der Waals surface area contributed by atoms with E-state index in [9.17, 15) is 26.8 Å². The molecule has 1 aromatic carbocycles. The fourth-order valence-electron chi connectivity index (χ4n) is 3.01. The van der Waals surface area contributed by atoms with E-state index in [1.54, 1.807) is 43.3 Å². The first-order valence-electron chi connectivity index (χ1n) is 9.88. The monoisotopic (exact) mass is 459 g/mol. The second-order valence-corrected chi connectivity index (χ2v) is 8.94. The number of carbonyl (C=O) groups excluding carboxylic acids is 2. The average Bonchev–Trinajstić information content (AvgIpc) is 3.49. The van der Waals surface area contributed by atoms with Crippen molar-refractivity contribution in [2.75, 3.05) is 25.4 Å². The molecule has 0 unspecified atom stereocenters. The Kier molecular flexibility index (Phi) is 8.93. The maximum absolute atomic E-state index is 12.5. The van der Waals surface area contributed by atoms with Gasteiger partial charge in [-0.3, -0.25) is 10.1 Å². The van der Waals surface area contributed by atoms with Crippen molar-refractivity contribution in [1.82, 2.24) is 14.9 Å². The summed E-state index contributed by atoms with van der Waals surface area (Å²) in [7, 11) is -3.60. The molecule has 0 aromatic heterocycles. The van der Waals surface area contributed by atoms with Gasteiger partial charge in [-0.1, -0.05) is 24.3 Å². The van der Waals surface area contributed by atoms with Gasteiger partial charge in [-0.2, -0.15) is 0 Å². The zero-order chi connectivity index (χ0) is 22.9. The van der Waals surface area contributed by atoms with Gasteiger partial charge in [0.05, 0.1) is 11.3 Å². The van der Waals surface area contributed by atoms with Gasteiger partial charge in [0.1, 0.15) is 12.4 Å². The lowest BCUT2D eigenvalue weighted by Crippen LogP contribution is -2.39. The fraction of sp³-hybridized carbons (Fsp3) is 0.500. The van der Waals surface area contributed by atoms with Gasteiger partial charge in [0.15, 0.2) is 0 Å². The van der Waals surface area contributed by atoms with E-state index >= 15 is 0 Å². The molecule has 0 atom stereocenters. The lowest BCUT2D eigenvalue weighted by atomic mass is 10.1. The normalized spacial score (nSPS) is 15.1. The molecule has 0 aliphatic heterocycles. The van der Waals surface area contributed by atoms with E-state index in [1.165, 1.54) is 4.90 Å². The molecule has 0 radical (unpaired) electrons. The Balaban J connectivity index is 1.89. The minimum atomic E-state index is -3.60. The molecule has 8 nitrogen and oxygen atoms in total. The fourth-order valence-corrected chi connectivity index (χ4v) is 4.47. The number of amides is 3. The molecule has 0 saturated heterocycles. The number of hydrogen-bond acceptors (Lipinski definition) is 5. The highest BCUT2D eigenvalue weighted by molar-refractivity contribution is 7.89. The minimum Gasteiger partial charge on any atom is -0.488 e. The Labute approximate surface area is 180 Å². The number of ether oxygens (including phenoxy) is 1. The Morgan fingerprint density at radius 2 is 2.06 bits per heavy atom. The number of imide groups is 1. The van der Waals surface area contributed by atoms with Crippen LogP contribution in [0.4, 0.5) is 13.6 Å². The van der Waals surface area contributed by atoms with E-state index in [0.717, 1.165) is 0 Å². The molecule has 0 spiro atoms. The Bertz CT molecular complexity index is 889. The smallest absolute Gasteiger partial charge is 0.324 e. The van der Waals surface area contributed by atoms with E-state index in [2.05, 4.69) is 4.72 Å². The Morgan fingerprint density at radius 1 is 1.32 bits per heavy atom. The molecule has 1 aromatic rings. The van der Waals surface area contributed by atoms with Gasteiger partial charge in [0.25, 0.3) is 6.43 Å². The average molecular weight is 460 g/mol. The summed E-state index contributed by atoms with van der Waals surface area (Å²) in [6.45, 7) is 1.68. The van der Waals surface area contributed by atoms with Crippen molar-refractivity contribution < 1.29 is 31.5 Å². The second kappa shape index (κ2) is 11.2. The number of carbonyl (C=O) groups is 2. The molecule has 2 N–H and O–H groups in total. The van der Waals surface area contributed by atoms with Crippen LogP contribution in [0.1, 0.15) is 31.7 Å². The number of likely N-dealkylation sites (N-methyl/N-ethyl adjacent to an activating group) is 1. The molecule has 2 rings (SSSR count). The number of hydrogen-bond donors (Lipinski definition) is 2. The lowest BCUT2D eigenvalue weighted by Gasteiger charge is -2.19. The van der Waals surface area contributed by atoms with E-state index in [1.807, 2.05) is 5.32 Å². The molecule has 31 heavy (non-hydrogen) atoms. The number of nitrogens with one attached hydrogen (secondary N) is 2. The summed E-state index contributed by atoms with van der Waals surface area (Å²) in [4.78, 5) is 23.3. The van der Waals surface area contributed by atoms with Gasteiger partial charge in [0.2, 0.25) is 16.4 Å². The van der Waals surface area contributed by atoms with Crippen molar-refractivity contribution in [1.29, 1.82) is 0 Å². The number of rotatable bonds is 13. The van der Waals surface area contributed by atoms with Gasteiger partial charge < -0.3 is 9.64 Å². The van der Waals surface area contributed by atoms with Crippen LogP contribution in [0.3, 0.4) is 0 Å². The largest absolute Gasteiger partial charge is 0.488 e. The number of benzene rings is 1. The van der Waals surface area contributed by atoms with Crippen LogP contribution in [0.5, 0.6) is 5.75 Å². The molecular weight excluding hydrogens is 432 g/mol. The van der Waals surface area contributed by atoms with Crippen LogP contribution >= 0.6 is 0 Å². The zero-order valence-corrected chi connectivity index (χ0v) is 18.0. The summed E-state index contributed by atoms with van der Waals surface area (Å²) in [5, 5.41) is 2.05. The van der Waals surface area contributed by atoms with Crippen LogP contribution < -0.4 is 14.8 Å². The minimum absolute atomic E-state index is 0.139. The first-order chi connectivity index (χ1) is 14.7. The molecule has 0 heterocycles. The van der Waals surface area contributed by atoms with Crippen LogP contribution in [0.15, 0.2) is 36.4 Å². The summed E-state index contributed by atoms with van der Waals surface area (Å²) < 4.78 is 57.5. The predicted octanol–water partition coefficient (Wildman–Crippen LogP) is 2.37. The topological polar surface area (TPSA) is 105 Å². The third-order valence-corrected chi connectivity index (χ3v) is 6.24. The first-order valence-corrected chi connectivity index (χ1v) is 11.5. The van der Waals surface area contributed by atoms with Crippen LogP contribution in [-0.4, -0.2) is 57.6 Å². The second-order valence-electron chi connectivity index (χ2n) is 7.10. The molecule has 172 valence electrons. The molecule has 1 saturated carbocycles. The number of urea groups is 1. The number of nitrogens with zero attached hydrogens (tertiary/aromatic N) is 1. The van der Waals surface area contributed by atoms with Gasteiger partial charge in [-0.05, 0) is 43.9 Å². The molecule has 11 heteroatoms. The SMILES string of the molecule is CCN(C/C=C/CCS(=O)(=O)NC1(c2cccc(OCC(F)F)c2)CC1)C(=O)NC=O. The third-order valence-electron chi connectivity index (χ3n) is 4.76. The molecule has 0 bridgehead atoms. The summed E-state index contributed by atoms with van der Waals surface area (Å²) in [5.74, 6) is 0.129. The van der Waals surface area contributed by atoms with Crippen molar-refractivity contribution in [3.8, 4) is 5.75 Å². The van der Waals surface area contributed by atoms with Gasteiger partial charge >= 0.3 is 6.03 Å². The molecule has 1 aliphatic rings. The molecule has 1 aliphatic carbocycles. The van der Waals surface area contributed by atoms with Crippen molar-refractivity contribution in [2.45, 2.75) is 38.2 Å². The summed E-state index contributed by atoms with van der Waals surface area (Å²) in [6, 6.07) is 6.01. The number of alkyl halides is 2. The molecule has 1 fully saturated rings. The first kappa shape index (κ1) is 24.7. The maximum atomic E-state index is 12.5. The quantitative estimate of drug-likeness (QED) is 0.348.